The maximum Gasteiger partial charge on any atom is 0.271 e. The first-order valence-electron chi connectivity index (χ1n) is 4.20. The van der Waals surface area contributed by atoms with Crippen LogP contribution in [0.5, 0.6) is 0 Å². The third-order valence-corrected chi connectivity index (χ3v) is 1.93. The van der Waals surface area contributed by atoms with Gasteiger partial charge in [-0.25, -0.2) is 13.2 Å². The van der Waals surface area contributed by atoms with Crippen LogP contribution in [0.25, 0.3) is 0 Å². The molecular weight excluding hydrogens is 193 g/mol. The van der Waals surface area contributed by atoms with Gasteiger partial charge in [-0.2, -0.15) is 0 Å². The molecule has 0 spiro atoms. The van der Waals surface area contributed by atoms with Crippen LogP contribution in [0, 0.1) is 5.82 Å². The van der Waals surface area contributed by atoms with Crippen LogP contribution in [-0.4, -0.2) is 17.1 Å². The lowest BCUT2D eigenvalue weighted by molar-refractivity contribution is -0.0921. The molecule has 0 heterocycles. The predicted octanol–water partition coefficient (Wildman–Crippen LogP) is 2.38. The van der Waals surface area contributed by atoms with Crippen molar-refractivity contribution in [2.75, 3.05) is 0 Å². The van der Waals surface area contributed by atoms with Crippen LogP contribution >= 0.6 is 0 Å². The second kappa shape index (κ2) is 4.00. The molecule has 1 aromatic carbocycles. The van der Waals surface area contributed by atoms with Crippen molar-refractivity contribution in [1.82, 2.24) is 0 Å². The van der Waals surface area contributed by atoms with Crippen LogP contribution in [-0.2, 0) is 6.42 Å². The molecule has 0 bridgehead atoms. The van der Waals surface area contributed by atoms with Gasteiger partial charge in [0.2, 0.25) is 0 Å². The molecule has 0 saturated carbocycles. The lowest BCUT2D eigenvalue weighted by Gasteiger charge is -2.17. The van der Waals surface area contributed by atoms with Gasteiger partial charge in [-0.15, -0.1) is 0 Å². The van der Waals surface area contributed by atoms with Gasteiger partial charge in [0, 0.05) is 13.3 Å². The summed E-state index contributed by atoms with van der Waals surface area (Å²) in [6.07, 6.45) is -1.91. The van der Waals surface area contributed by atoms with Crippen LogP contribution in [0.1, 0.15) is 12.5 Å². The Hall–Kier alpha value is -1.03. The van der Waals surface area contributed by atoms with E-state index in [2.05, 4.69) is 0 Å². The van der Waals surface area contributed by atoms with Crippen molar-refractivity contribution in [3.05, 3.63) is 35.6 Å². The number of hydrogen-bond donors (Lipinski definition) is 1. The fourth-order valence-corrected chi connectivity index (χ4v) is 1.02. The molecule has 0 aliphatic carbocycles. The van der Waals surface area contributed by atoms with Gasteiger partial charge >= 0.3 is 0 Å². The van der Waals surface area contributed by atoms with Crippen molar-refractivity contribution in [3.8, 4) is 0 Å². The Morgan fingerprint density at radius 1 is 1.29 bits per heavy atom. The van der Waals surface area contributed by atoms with E-state index in [1.54, 1.807) is 0 Å². The Morgan fingerprint density at radius 2 is 1.79 bits per heavy atom. The average molecular weight is 204 g/mol. The van der Waals surface area contributed by atoms with Gasteiger partial charge in [0.1, 0.15) is 11.9 Å². The Kier molecular flexibility index (Phi) is 3.16. The zero-order valence-electron chi connectivity index (χ0n) is 7.67. The molecule has 0 radical (unpaired) electrons. The molecule has 78 valence electrons. The molecule has 14 heavy (non-hydrogen) atoms. The first-order valence-corrected chi connectivity index (χ1v) is 4.20. The minimum Gasteiger partial charge on any atom is -0.387 e. The molecule has 0 aromatic heterocycles. The van der Waals surface area contributed by atoms with E-state index >= 15 is 0 Å². The van der Waals surface area contributed by atoms with E-state index in [1.807, 2.05) is 0 Å². The molecule has 0 saturated heterocycles. The predicted molar refractivity (Wildman–Crippen MR) is 46.7 cm³/mol. The number of alkyl halides is 2. The average Bonchev–Trinajstić information content (AvgIpc) is 2.07. The summed E-state index contributed by atoms with van der Waals surface area (Å²) in [7, 11) is 0. The molecule has 1 N–H and O–H groups in total. The summed E-state index contributed by atoms with van der Waals surface area (Å²) in [5.41, 5.74) is 0.487. The third kappa shape index (κ3) is 3.03. The van der Waals surface area contributed by atoms with Gasteiger partial charge in [-0.1, -0.05) is 12.1 Å². The molecule has 0 amide bonds. The molecule has 0 fully saturated rings. The van der Waals surface area contributed by atoms with Crippen LogP contribution in [0.3, 0.4) is 0 Å². The molecule has 0 aliphatic rings. The van der Waals surface area contributed by atoms with Crippen molar-refractivity contribution in [3.63, 3.8) is 0 Å². The maximum absolute atomic E-state index is 12.6. The highest BCUT2D eigenvalue weighted by Gasteiger charge is 2.32. The van der Waals surface area contributed by atoms with Crippen LogP contribution in [0.15, 0.2) is 24.3 Å². The summed E-state index contributed by atoms with van der Waals surface area (Å²) in [6, 6.07) is 5.11. The van der Waals surface area contributed by atoms with Gasteiger partial charge < -0.3 is 5.11 Å². The minimum absolute atomic E-state index is 0.177. The summed E-state index contributed by atoms with van der Waals surface area (Å²) in [6.45, 7) is 0.654. The highest BCUT2D eigenvalue weighted by molar-refractivity contribution is 5.17. The lowest BCUT2D eigenvalue weighted by Crippen LogP contribution is -2.31. The largest absolute Gasteiger partial charge is 0.387 e. The molecule has 4 heteroatoms. The Morgan fingerprint density at radius 3 is 2.21 bits per heavy atom. The van der Waals surface area contributed by atoms with E-state index in [1.165, 1.54) is 24.3 Å². The summed E-state index contributed by atoms with van der Waals surface area (Å²) in [5.74, 6) is -3.56. The van der Waals surface area contributed by atoms with E-state index in [0.717, 1.165) is 0 Å². The fourth-order valence-electron chi connectivity index (χ4n) is 1.02. The molecule has 1 unspecified atom stereocenters. The first-order chi connectivity index (χ1) is 6.39. The van der Waals surface area contributed by atoms with E-state index < -0.39 is 17.8 Å². The van der Waals surface area contributed by atoms with E-state index in [4.69, 9.17) is 5.11 Å². The second-order valence-electron chi connectivity index (χ2n) is 3.30. The van der Waals surface area contributed by atoms with E-state index in [9.17, 15) is 13.2 Å². The highest BCUT2D eigenvalue weighted by atomic mass is 19.3. The molecule has 1 nitrogen and oxygen atoms in total. The SMILES string of the molecule is CC(F)(F)C(O)Cc1ccc(F)cc1. The monoisotopic (exact) mass is 204 g/mol. The number of aliphatic hydroxyl groups is 1. The molecule has 1 atom stereocenters. The van der Waals surface area contributed by atoms with Crippen molar-refractivity contribution < 1.29 is 18.3 Å². The Balaban J connectivity index is 2.65. The van der Waals surface area contributed by atoms with Crippen molar-refractivity contribution >= 4 is 0 Å². The van der Waals surface area contributed by atoms with Gasteiger partial charge in [0.15, 0.2) is 0 Å². The summed E-state index contributed by atoms with van der Waals surface area (Å²) in [5, 5.41) is 9.06. The number of benzene rings is 1. The first kappa shape index (κ1) is 11.0. The van der Waals surface area contributed by atoms with Gasteiger partial charge in [0.05, 0.1) is 0 Å². The van der Waals surface area contributed by atoms with Crippen molar-refractivity contribution in [2.45, 2.75) is 25.4 Å². The highest BCUT2D eigenvalue weighted by Crippen LogP contribution is 2.20. The van der Waals surface area contributed by atoms with Gasteiger partial charge in [-0.3, -0.25) is 0 Å². The van der Waals surface area contributed by atoms with Crippen LogP contribution in [0.2, 0.25) is 0 Å². The Bertz CT molecular complexity index is 289. The maximum atomic E-state index is 12.6. The zero-order valence-corrected chi connectivity index (χ0v) is 7.67. The van der Waals surface area contributed by atoms with E-state index in [0.29, 0.717) is 12.5 Å². The molecule has 0 aliphatic heterocycles. The normalized spacial score (nSPS) is 14.1. The summed E-state index contributed by atoms with van der Waals surface area (Å²) in [4.78, 5) is 0. The number of hydrogen-bond acceptors (Lipinski definition) is 1. The smallest absolute Gasteiger partial charge is 0.271 e. The van der Waals surface area contributed by atoms with Gasteiger partial charge in [0.25, 0.3) is 5.92 Å². The fraction of sp³-hybridized carbons (Fsp3) is 0.400. The minimum atomic E-state index is -3.13. The summed E-state index contributed by atoms with van der Waals surface area (Å²) < 4.78 is 37.6. The third-order valence-electron chi connectivity index (χ3n) is 1.93. The molecule has 1 rings (SSSR count). The number of aliphatic hydroxyl groups excluding tert-OH is 1. The van der Waals surface area contributed by atoms with Crippen LogP contribution < -0.4 is 0 Å². The quantitative estimate of drug-likeness (QED) is 0.801. The van der Waals surface area contributed by atoms with Gasteiger partial charge in [-0.05, 0) is 17.7 Å². The lowest BCUT2D eigenvalue weighted by atomic mass is 10.0. The number of halogens is 3. The summed E-state index contributed by atoms with van der Waals surface area (Å²) >= 11 is 0. The zero-order chi connectivity index (χ0) is 10.8. The molecule has 1 aromatic rings. The number of rotatable bonds is 3. The standard InChI is InChI=1S/C10H11F3O/c1-10(12,13)9(14)6-7-2-4-8(11)5-3-7/h2-5,9,14H,6H2,1H3. The topological polar surface area (TPSA) is 20.2 Å². The van der Waals surface area contributed by atoms with E-state index in [-0.39, 0.29) is 6.42 Å². The second-order valence-corrected chi connectivity index (χ2v) is 3.30. The van der Waals surface area contributed by atoms with Crippen molar-refractivity contribution in [2.24, 2.45) is 0 Å². The molecular formula is C10H11F3O. The van der Waals surface area contributed by atoms with Crippen molar-refractivity contribution in [1.29, 1.82) is 0 Å². The Labute approximate surface area is 80.2 Å². The van der Waals surface area contributed by atoms with Crippen LogP contribution in [0.4, 0.5) is 13.2 Å².